The average molecular weight is 349 g/mol. The maximum atomic E-state index is 11.4. The first-order chi connectivity index (χ1) is 12.6. The Kier molecular flexibility index (Phi) is 4.26. The summed E-state index contributed by atoms with van der Waals surface area (Å²) >= 11 is 0. The number of carboxylic acid groups (broad SMARTS) is 1. The molecule has 2 aromatic carbocycles. The van der Waals surface area contributed by atoms with E-state index in [1.165, 1.54) is 5.56 Å². The van der Waals surface area contributed by atoms with Gasteiger partial charge in [0.2, 0.25) is 5.89 Å². The number of aromatic nitrogens is 2. The molecule has 0 saturated carbocycles. The van der Waals surface area contributed by atoms with Crippen LogP contribution in [0.2, 0.25) is 0 Å². The van der Waals surface area contributed by atoms with Crippen molar-refractivity contribution >= 4 is 5.97 Å². The molecular formula is C20H19N3O3. The zero-order valence-corrected chi connectivity index (χ0v) is 14.4. The summed E-state index contributed by atoms with van der Waals surface area (Å²) in [6, 6.07) is 15.1. The maximum Gasteiger partial charge on any atom is 0.336 e. The molecule has 0 amide bonds. The van der Waals surface area contributed by atoms with Gasteiger partial charge >= 0.3 is 5.97 Å². The van der Waals surface area contributed by atoms with E-state index in [0.717, 1.165) is 36.7 Å². The third kappa shape index (κ3) is 3.23. The van der Waals surface area contributed by atoms with Crippen LogP contribution in [0.15, 0.2) is 53.1 Å². The summed E-state index contributed by atoms with van der Waals surface area (Å²) in [5.74, 6) is 0.806. The number of benzene rings is 2. The molecule has 0 atom stereocenters. The van der Waals surface area contributed by atoms with Gasteiger partial charge < -0.3 is 9.63 Å². The zero-order valence-electron chi connectivity index (χ0n) is 14.4. The van der Waals surface area contributed by atoms with Gasteiger partial charge in [0.05, 0.1) is 11.5 Å². The lowest BCUT2D eigenvalue weighted by Gasteiger charge is -2.37. The van der Waals surface area contributed by atoms with Crippen LogP contribution in [0.25, 0.3) is 11.1 Å². The van der Waals surface area contributed by atoms with E-state index in [-0.39, 0.29) is 0 Å². The van der Waals surface area contributed by atoms with Gasteiger partial charge in [0.25, 0.3) is 0 Å². The Bertz CT molecular complexity index is 927. The van der Waals surface area contributed by atoms with E-state index in [1.807, 2.05) is 31.2 Å². The number of hydrogen-bond acceptors (Lipinski definition) is 5. The van der Waals surface area contributed by atoms with Crippen molar-refractivity contribution in [2.24, 2.45) is 0 Å². The molecule has 1 aromatic heterocycles. The molecule has 6 heteroatoms. The van der Waals surface area contributed by atoms with E-state index >= 15 is 0 Å². The van der Waals surface area contributed by atoms with Crippen LogP contribution < -0.4 is 0 Å². The minimum absolute atomic E-state index is 0.318. The van der Waals surface area contributed by atoms with E-state index in [9.17, 15) is 9.90 Å². The van der Waals surface area contributed by atoms with Gasteiger partial charge in [-0.1, -0.05) is 47.6 Å². The largest absolute Gasteiger partial charge is 0.478 e. The fourth-order valence-electron chi connectivity index (χ4n) is 3.30. The summed E-state index contributed by atoms with van der Waals surface area (Å²) in [7, 11) is 0. The number of aromatic carboxylic acids is 1. The molecule has 4 rings (SSSR count). The van der Waals surface area contributed by atoms with Crippen LogP contribution in [0.1, 0.15) is 33.6 Å². The number of carboxylic acids is 1. The van der Waals surface area contributed by atoms with Gasteiger partial charge in [0.15, 0.2) is 5.82 Å². The Labute approximate surface area is 151 Å². The number of likely N-dealkylation sites (tertiary alicyclic amines) is 1. The highest BCUT2D eigenvalue weighted by molar-refractivity contribution is 5.95. The molecule has 132 valence electrons. The smallest absolute Gasteiger partial charge is 0.336 e. The topological polar surface area (TPSA) is 79.5 Å². The van der Waals surface area contributed by atoms with Crippen molar-refractivity contribution in [2.75, 3.05) is 13.1 Å². The average Bonchev–Trinajstić information content (AvgIpc) is 3.04. The predicted molar refractivity (Wildman–Crippen MR) is 95.9 cm³/mol. The molecule has 0 spiro atoms. The normalized spacial score (nSPS) is 15.0. The van der Waals surface area contributed by atoms with Crippen molar-refractivity contribution < 1.29 is 14.4 Å². The standard InChI is InChI=1S/C20H19N3O3/c1-13-21-19(26-22-13)16-11-23(12-16)10-14-6-8-15(9-7-14)17-4-2-3-5-18(17)20(24)25/h2-9,16H,10-12H2,1H3,(H,24,25). The Morgan fingerprint density at radius 3 is 2.58 bits per heavy atom. The highest BCUT2D eigenvalue weighted by Crippen LogP contribution is 2.28. The summed E-state index contributed by atoms with van der Waals surface area (Å²) in [5, 5.41) is 13.2. The Morgan fingerprint density at radius 1 is 1.19 bits per heavy atom. The van der Waals surface area contributed by atoms with Gasteiger partial charge in [0.1, 0.15) is 0 Å². The third-order valence-corrected chi connectivity index (χ3v) is 4.68. The Morgan fingerprint density at radius 2 is 1.92 bits per heavy atom. The molecule has 1 aliphatic rings. The van der Waals surface area contributed by atoms with Gasteiger partial charge in [-0.3, -0.25) is 4.90 Å². The monoisotopic (exact) mass is 349 g/mol. The summed E-state index contributed by atoms with van der Waals surface area (Å²) in [6.07, 6.45) is 0. The van der Waals surface area contributed by atoms with Crippen LogP contribution in [-0.4, -0.2) is 39.2 Å². The van der Waals surface area contributed by atoms with Crippen molar-refractivity contribution in [3.05, 3.63) is 71.4 Å². The second kappa shape index (κ2) is 6.72. The van der Waals surface area contributed by atoms with Crippen LogP contribution in [0.5, 0.6) is 0 Å². The lowest BCUT2D eigenvalue weighted by atomic mass is 9.97. The zero-order chi connectivity index (χ0) is 18.1. The summed E-state index contributed by atoms with van der Waals surface area (Å²) in [6.45, 7) is 4.49. The molecule has 2 heterocycles. The molecule has 0 bridgehead atoms. The Hall–Kier alpha value is -2.99. The first-order valence-corrected chi connectivity index (χ1v) is 8.54. The van der Waals surface area contributed by atoms with Crippen molar-refractivity contribution in [3.8, 4) is 11.1 Å². The number of hydrogen-bond donors (Lipinski definition) is 1. The minimum Gasteiger partial charge on any atom is -0.478 e. The lowest BCUT2D eigenvalue weighted by Crippen LogP contribution is -2.44. The van der Waals surface area contributed by atoms with Crippen LogP contribution in [-0.2, 0) is 6.54 Å². The first-order valence-electron chi connectivity index (χ1n) is 8.54. The number of carbonyl (C=O) groups is 1. The molecule has 26 heavy (non-hydrogen) atoms. The van der Waals surface area contributed by atoms with Crippen LogP contribution in [0.3, 0.4) is 0 Å². The van der Waals surface area contributed by atoms with E-state index in [4.69, 9.17) is 4.52 Å². The number of aryl methyl sites for hydroxylation is 1. The van der Waals surface area contributed by atoms with Crippen LogP contribution in [0.4, 0.5) is 0 Å². The second-order valence-corrected chi connectivity index (χ2v) is 6.62. The number of nitrogens with zero attached hydrogens (tertiary/aromatic N) is 3. The quantitative estimate of drug-likeness (QED) is 0.761. The molecule has 1 fully saturated rings. The minimum atomic E-state index is -0.910. The fraction of sp³-hybridized carbons (Fsp3) is 0.250. The van der Waals surface area contributed by atoms with Crippen LogP contribution >= 0.6 is 0 Å². The molecule has 0 unspecified atom stereocenters. The predicted octanol–water partition coefficient (Wildman–Crippen LogP) is 3.34. The van der Waals surface area contributed by atoms with E-state index in [1.54, 1.807) is 12.1 Å². The summed E-state index contributed by atoms with van der Waals surface area (Å²) in [4.78, 5) is 18.0. The van der Waals surface area contributed by atoms with Crippen molar-refractivity contribution in [1.82, 2.24) is 15.0 Å². The lowest BCUT2D eigenvalue weighted by molar-refractivity contribution is 0.0697. The van der Waals surface area contributed by atoms with Crippen LogP contribution in [0, 0.1) is 6.92 Å². The van der Waals surface area contributed by atoms with E-state index < -0.39 is 5.97 Å². The summed E-state index contributed by atoms with van der Waals surface area (Å²) < 4.78 is 5.23. The van der Waals surface area contributed by atoms with Gasteiger partial charge in [-0.15, -0.1) is 0 Å². The van der Waals surface area contributed by atoms with Gasteiger partial charge in [0, 0.05) is 19.6 Å². The molecule has 0 aliphatic carbocycles. The highest BCUT2D eigenvalue weighted by Gasteiger charge is 2.32. The first kappa shape index (κ1) is 16.5. The van der Waals surface area contributed by atoms with E-state index in [0.29, 0.717) is 17.3 Å². The second-order valence-electron chi connectivity index (χ2n) is 6.62. The maximum absolute atomic E-state index is 11.4. The highest BCUT2D eigenvalue weighted by atomic mass is 16.5. The SMILES string of the molecule is Cc1noc(C2CN(Cc3ccc(-c4ccccc4C(=O)O)cc3)C2)n1. The molecule has 1 N–H and O–H groups in total. The molecule has 3 aromatic rings. The molecular weight excluding hydrogens is 330 g/mol. The van der Waals surface area contributed by atoms with Crippen molar-refractivity contribution in [2.45, 2.75) is 19.4 Å². The molecule has 6 nitrogen and oxygen atoms in total. The third-order valence-electron chi connectivity index (χ3n) is 4.68. The molecule has 1 aliphatic heterocycles. The van der Waals surface area contributed by atoms with Gasteiger partial charge in [-0.05, 0) is 29.7 Å². The molecule has 1 saturated heterocycles. The fourth-order valence-corrected chi connectivity index (χ4v) is 3.30. The number of rotatable bonds is 5. The van der Waals surface area contributed by atoms with Crippen molar-refractivity contribution in [3.63, 3.8) is 0 Å². The Balaban J connectivity index is 1.41. The van der Waals surface area contributed by atoms with Gasteiger partial charge in [-0.2, -0.15) is 4.98 Å². The van der Waals surface area contributed by atoms with E-state index in [2.05, 4.69) is 27.2 Å². The molecule has 0 radical (unpaired) electrons. The summed E-state index contributed by atoms with van der Waals surface area (Å²) in [5.41, 5.74) is 3.17. The van der Waals surface area contributed by atoms with Gasteiger partial charge in [-0.25, -0.2) is 4.79 Å². The van der Waals surface area contributed by atoms with Crippen molar-refractivity contribution in [1.29, 1.82) is 0 Å².